The summed E-state index contributed by atoms with van der Waals surface area (Å²) in [5.74, 6) is -0.532. The number of nitrogens with one attached hydrogen (secondary N) is 2. The lowest BCUT2D eigenvalue weighted by atomic mass is 9.64. The molecule has 1 aliphatic rings. The molecule has 2 N–H and O–H groups in total. The Labute approximate surface area is 158 Å². The van der Waals surface area contributed by atoms with E-state index in [1.54, 1.807) is 24.3 Å². The first-order chi connectivity index (χ1) is 12.4. The number of amides is 2. The molecule has 2 amide bonds. The molecule has 0 heterocycles. The van der Waals surface area contributed by atoms with Crippen LogP contribution in [0.25, 0.3) is 0 Å². The van der Waals surface area contributed by atoms with E-state index in [0.29, 0.717) is 10.6 Å². The van der Waals surface area contributed by atoms with Gasteiger partial charge in [0.1, 0.15) is 0 Å². The molecule has 136 valence electrons. The first-order valence-electron chi connectivity index (χ1n) is 8.57. The van der Waals surface area contributed by atoms with E-state index in [1.165, 1.54) is 0 Å². The second-order valence-corrected chi connectivity index (χ2v) is 7.23. The number of carbonyl (C=O) groups is 2. The number of benzene rings is 2. The molecule has 1 fully saturated rings. The SMILES string of the molecule is CN(C)c1cccc(C(=O)NNC(=O)C2(c3ccc(Cl)cc3)CCC2)c1. The molecular formula is C20H22ClN3O2. The fourth-order valence-corrected chi connectivity index (χ4v) is 3.30. The Morgan fingerprint density at radius 2 is 1.73 bits per heavy atom. The van der Waals surface area contributed by atoms with Crippen LogP contribution in [0.1, 0.15) is 35.2 Å². The van der Waals surface area contributed by atoms with Gasteiger partial charge in [-0.15, -0.1) is 0 Å². The van der Waals surface area contributed by atoms with Gasteiger partial charge in [0.25, 0.3) is 5.91 Å². The molecule has 0 aliphatic heterocycles. The van der Waals surface area contributed by atoms with Crippen molar-refractivity contribution in [2.24, 2.45) is 0 Å². The van der Waals surface area contributed by atoms with Gasteiger partial charge in [-0.05, 0) is 48.7 Å². The zero-order valence-electron chi connectivity index (χ0n) is 14.9. The molecule has 0 saturated heterocycles. The first-order valence-corrected chi connectivity index (χ1v) is 8.94. The van der Waals surface area contributed by atoms with Gasteiger partial charge in [-0.3, -0.25) is 20.4 Å². The minimum Gasteiger partial charge on any atom is -0.378 e. The molecule has 0 bridgehead atoms. The van der Waals surface area contributed by atoms with Gasteiger partial charge in [0.15, 0.2) is 0 Å². The second-order valence-electron chi connectivity index (χ2n) is 6.80. The maximum atomic E-state index is 12.8. The van der Waals surface area contributed by atoms with Crippen molar-refractivity contribution in [2.45, 2.75) is 24.7 Å². The third-order valence-electron chi connectivity index (χ3n) is 4.95. The van der Waals surface area contributed by atoms with Crippen molar-refractivity contribution in [3.63, 3.8) is 0 Å². The number of anilines is 1. The summed E-state index contributed by atoms with van der Waals surface area (Å²) in [6.45, 7) is 0. The number of rotatable bonds is 4. The van der Waals surface area contributed by atoms with Gasteiger partial charge in [0.2, 0.25) is 5.91 Å². The van der Waals surface area contributed by atoms with Gasteiger partial charge in [0.05, 0.1) is 5.41 Å². The highest BCUT2D eigenvalue weighted by molar-refractivity contribution is 6.30. The van der Waals surface area contributed by atoms with Crippen LogP contribution in [0.2, 0.25) is 5.02 Å². The van der Waals surface area contributed by atoms with Crippen LogP contribution in [0, 0.1) is 0 Å². The van der Waals surface area contributed by atoms with Gasteiger partial charge in [-0.2, -0.15) is 0 Å². The summed E-state index contributed by atoms with van der Waals surface area (Å²) in [4.78, 5) is 27.1. The molecule has 0 atom stereocenters. The largest absolute Gasteiger partial charge is 0.378 e. The fraction of sp³-hybridized carbons (Fsp3) is 0.300. The van der Waals surface area contributed by atoms with Gasteiger partial charge >= 0.3 is 0 Å². The summed E-state index contributed by atoms with van der Waals surface area (Å²) in [6, 6.07) is 14.6. The minimum absolute atomic E-state index is 0.191. The van der Waals surface area contributed by atoms with Crippen molar-refractivity contribution in [1.82, 2.24) is 10.9 Å². The van der Waals surface area contributed by atoms with Crippen LogP contribution in [0.5, 0.6) is 0 Å². The fourth-order valence-electron chi connectivity index (χ4n) is 3.18. The normalized spacial score (nSPS) is 14.9. The van der Waals surface area contributed by atoms with E-state index in [0.717, 1.165) is 30.5 Å². The zero-order chi connectivity index (χ0) is 18.7. The molecule has 2 aromatic carbocycles. The van der Waals surface area contributed by atoms with Crippen molar-refractivity contribution in [3.8, 4) is 0 Å². The second kappa shape index (κ2) is 7.38. The topological polar surface area (TPSA) is 61.4 Å². The maximum absolute atomic E-state index is 12.8. The number of hydrogen-bond donors (Lipinski definition) is 2. The lowest BCUT2D eigenvalue weighted by Crippen LogP contribution is -2.54. The molecule has 1 saturated carbocycles. The highest BCUT2D eigenvalue weighted by Crippen LogP contribution is 2.44. The highest BCUT2D eigenvalue weighted by Gasteiger charge is 2.45. The number of nitrogens with zero attached hydrogens (tertiary/aromatic N) is 1. The Balaban J connectivity index is 1.68. The van der Waals surface area contributed by atoms with Crippen LogP contribution in [-0.2, 0) is 10.2 Å². The standard InChI is InChI=1S/C20H22ClN3O2/c1-24(2)17-6-3-5-14(13-17)18(25)22-23-19(26)20(11-4-12-20)15-7-9-16(21)10-8-15/h3,5-10,13H,4,11-12H2,1-2H3,(H,22,25)(H,23,26). The maximum Gasteiger partial charge on any atom is 0.269 e. The summed E-state index contributed by atoms with van der Waals surface area (Å²) in [5, 5.41) is 0.637. The lowest BCUT2D eigenvalue weighted by molar-refractivity contribution is -0.130. The summed E-state index contributed by atoms with van der Waals surface area (Å²) >= 11 is 5.95. The van der Waals surface area contributed by atoms with Crippen LogP contribution in [0.3, 0.4) is 0 Å². The van der Waals surface area contributed by atoms with Crippen molar-refractivity contribution < 1.29 is 9.59 Å². The molecule has 2 aromatic rings. The molecule has 0 aromatic heterocycles. The lowest BCUT2D eigenvalue weighted by Gasteiger charge is -2.40. The molecular weight excluding hydrogens is 350 g/mol. The van der Waals surface area contributed by atoms with E-state index in [9.17, 15) is 9.59 Å². The number of hydrogen-bond acceptors (Lipinski definition) is 3. The third kappa shape index (κ3) is 3.53. The summed E-state index contributed by atoms with van der Waals surface area (Å²) in [5.41, 5.74) is 6.88. The smallest absolute Gasteiger partial charge is 0.269 e. The number of carbonyl (C=O) groups excluding carboxylic acids is 2. The Bertz CT molecular complexity index is 814. The molecule has 1 aliphatic carbocycles. The molecule has 3 rings (SSSR count). The zero-order valence-corrected chi connectivity index (χ0v) is 15.6. The van der Waals surface area contributed by atoms with E-state index < -0.39 is 5.41 Å². The quantitative estimate of drug-likeness (QED) is 0.811. The number of halogens is 1. The molecule has 6 heteroatoms. The van der Waals surface area contributed by atoms with Crippen molar-refractivity contribution >= 4 is 29.1 Å². The Hall–Kier alpha value is -2.53. The van der Waals surface area contributed by atoms with Gasteiger partial charge < -0.3 is 4.90 Å². The Morgan fingerprint density at radius 1 is 1.04 bits per heavy atom. The summed E-state index contributed by atoms with van der Waals surface area (Å²) in [7, 11) is 3.82. The summed E-state index contributed by atoms with van der Waals surface area (Å²) < 4.78 is 0. The molecule has 0 unspecified atom stereocenters. The van der Waals surface area contributed by atoms with E-state index in [1.807, 2.05) is 43.3 Å². The molecule has 5 nitrogen and oxygen atoms in total. The highest BCUT2D eigenvalue weighted by atomic mass is 35.5. The van der Waals surface area contributed by atoms with Crippen LogP contribution >= 0.6 is 11.6 Å². The van der Waals surface area contributed by atoms with Crippen molar-refractivity contribution in [3.05, 3.63) is 64.7 Å². The van der Waals surface area contributed by atoms with Gasteiger partial charge in [0, 0.05) is 30.4 Å². The van der Waals surface area contributed by atoms with Gasteiger partial charge in [-0.25, -0.2) is 0 Å². The Morgan fingerprint density at radius 3 is 2.31 bits per heavy atom. The molecule has 26 heavy (non-hydrogen) atoms. The van der Waals surface area contributed by atoms with Gasteiger partial charge in [-0.1, -0.05) is 36.2 Å². The molecule has 0 radical (unpaired) electrons. The average molecular weight is 372 g/mol. The predicted molar refractivity (Wildman–Crippen MR) is 103 cm³/mol. The van der Waals surface area contributed by atoms with Crippen LogP contribution < -0.4 is 15.8 Å². The monoisotopic (exact) mass is 371 g/mol. The van der Waals surface area contributed by atoms with E-state index in [2.05, 4.69) is 10.9 Å². The average Bonchev–Trinajstić information content (AvgIpc) is 2.60. The van der Waals surface area contributed by atoms with E-state index in [4.69, 9.17) is 11.6 Å². The minimum atomic E-state index is -0.594. The van der Waals surface area contributed by atoms with Crippen LogP contribution in [0.4, 0.5) is 5.69 Å². The predicted octanol–water partition coefficient (Wildman–Crippen LogP) is 3.29. The number of hydrazine groups is 1. The van der Waals surface area contributed by atoms with Crippen molar-refractivity contribution in [2.75, 3.05) is 19.0 Å². The molecule has 0 spiro atoms. The van der Waals surface area contributed by atoms with Crippen LogP contribution in [0.15, 0.2) is 48.5 Å². The third-order valence-corrected chi connectivity index (χ3v) is 5.20. The van der Waals surface area contributed by atoms with E-state index >= 15 is 0 Å². The van der Waals surface area contributed by atoms with Crippen LogP contribution in [-0.4, -0.2) is 25.9 Å². The van der Waals surface area contributed by atoms with Crippen molar-refractivity contribution in [1.29, 1.82) is 0 Å². The summed E-state index contributed by atoms with van der Waals surface area (Å²) in [6.07, 6.45) is 2.49. The van der Waals surface area contributed by atoms with E-state index in [-0.39, 0.29) is 11.8 Å². The first kappa shape index (κ1) is 18.3. The Kier molecular flexibility index (Phi) is 5.18.